The molecule has 2 aromatic rings. The average Bonchev–Trinajstić information content (AvgIpc) is 2.78. The number of methoxy groups -OCH3 is 1. The number of carbonyl (C=O) groups is 1. The summed E-state index contributed by atoms with van der Waals surface area (Å²) in [5.41, 5.74) is 1.49. The molecule has 8 heteroatoms. The summed E-state index contributed by atoms with van der Waals surface area (Å²) in [6.45, 7) is 11.4. The third-order valence-electron chi connectivity index (χ3n) is 5.59. The maximum atomic E-state index is 13.0. The number of hydrogen-bond acceptors (Lipinski definition) is 6. The van der Waals surface area contributed by atoms with Gasteiger partial charge in [-0.05, 0) is 57.5 Å². The molecule has 0 radical (unpaired) electrons. The lowest BCUT2D eigenvalue weighted by Gasteiger charge is -2.29. The average molecular weight is 463 g/mol. The second-order valence-corrected chi connectivity index (χ2v) is 9.13. The second-order valence-electron chi connectivity index (χ2n) is 7.58. The van der Waals surface area contributed by atoms with Crippen molar-refractivity contribution >= 4 is 21.7 Å². The number of anilines is 1. The summed E-state index contributed by atoms with van der Waals surface area (Å²) in [5.74, 6) is 0.703. The zero-order valence-electron chi connectivity index (χ0n) is 19.8. The van der Waals surface area contributed by atoms with Gasteiger partial charge < -0.3 is 18.7 Å². The Balaban J connectivity index is 2.49. The minimum atomic E-state index is -4.08. The van der Waals surface area contributed by atoms with E-state index in [1.54, 1.807) is 23.1 Å². The largest absolute Gasteiger partial charge is 0.497 e. The van der Waals surface area contributed by atoms with E-state index in [2.05, 4.69) is 4.90 Å². The van der Waals surface area contributed by atoms with Gasteiger partial charge in [0.05, 0.1) is 7.11 Å². The molecule has 1 unspecified atom stereocenters. The fourth-order valence-corrected chi connectivity index (χ4v) is 4.38. The lowest BCUT2D eigenvalue weighted by Crippen LogP contribution is -2.36. The normalized spacial score (nSPS) is 12.2. The van der Waals surface area contributed by atoms with Crippen molar-refractivity contribution in [3.8, 4) is 11.5 Å². The van der Waals surface area contributed by atoms with E-state index < -0.39 is 10.1 Å². The Bertz CT molecular complexity index is 1000. The summed E-state index contributed by atoms with van der Waals surface area (Å²) in [4.78, 5) is 16.1. The van der Waals surface area contributed by atoms with Crippen molar-refractivity contribution in [2.24, 2.45) is 0 Å². The van der Waals surface area contributed by atoms with Crippen molar-refractivity contribution in [1.29, 1.82) is 0 Å². The molecule has 1 amide bonds. The Morgan fingerprint density at radius 1 is 1.03 bits per heavy atom. The van der Waals surface area contributed by atoms with E-state index in [-0.39, 0.29) is 29.1 Å². The van der Waals surface area contributed by atoms with Crippen LogP contribution in [0.15, 0.2) is 47.4 Å². The van der Waals surface area contributed by atoms with Crippen molar-refractivity contribution in [3.05, 3.63) is 48.0 Å². The predicted molar refractivity (Wildman–Crippen MR) is 127 cm³/mol. The number of rotatable bonds is 11. The summed E-state index contributed by atoms with van der Waals surface area (Å²) in [5, 5.41) is 0. The number of benzene rings is 2. The van der Waals surface area contributed by atoms with Gasteiger partial charge in [-0.2, -0.15) is 8.42 Å². The fraction of sp³-hybridized carbons (Fsp3) is 0.458. The van der Waals surface area contributed by atoms with Gasteiger partial charge in [-0.15, -0.1) is 0 Å². The highest BCUT2D eigenvalue weighted by Crippen LogP contribution is 2.31. The molecular weight excluding hydrogens is 428 g/mol. The summed E-state index contributed by atoms with van der Waals surface area (Å²) < 4.78 is 36.8. The smallest absolute Gasteiger partial charge is 0.339 e. The number of nitrogens with zero attached hydrogens (tertiary/aromatic N) is 2. The van der Waals surface area contributed by atoms with Gasteiger partial charge in [0.15, 0.2) is 0 Å². The van der Waals surface area contributed by atoms with Crippen LogP contribution in [-0.4, -0.2) is 45.5 Å². The van der Waals surface area contributed by atoms with Crippen molar-refractivity contribution < 1.29 is 22.1 Å². The molecule has 1 atom stereocenters. The van der Waals surface area contributed by atoms with Crippen molar-refractivity contribution in [2.45, 2.75) is 58.5 Å². The number of amides is 1. The van der Waals surface area contributed by atoms with Crippen LogP contribution in [0.25, 0.3) is 0 Å². The number of ether oxygens (including phenoxy) is 1. The Labute approximate surface area is 192 Å². The highest BCUT2D eigenvalue weighted by Gasteiger charge is 2.23. The lowest BCUT2D eigenvalue weighted by molar-refractivity contribution is -0.131. The van der Waals surface area contributed by atoms with Crippen LogP contribution in [0.4, 0.5) is 5.69 Å². The minimum Gasteiger partial charge on any atom is -0.497 e. The first-order valence-electron chi connectivity index (χ1n) is 10.9. The first kappa shape index (κ1) is 25.5. The predicted octanol–water partition coefficient (Wildman–Crippen LogP) is 4.46. The molecule has 0 aliphatic heterocycles. The van der Waals surface area contributed by atoms with Gasteiger partial charge in [0.1, 0.15) is 16.4 Å². The molecule has 0 bridgehead atoms. The summed E-state index contributed by atoms with van der Waals surface area (Å²) in [6, 6.07) is 11.6. The van der Waals surface area contributed by atoms with Gasteiger partial charge >= 0.3 is 10.1 Å². The molecule has 0 saturated carbocycles. The molecule has 0 aromatic heterocycles. The molecule has 0 heterocycles. The van der Waals surface area contributed by atoms with E-state index in [0.29, 0.717) is 11.3 Å². The lowest BCUT2D eigenvalue weighted by atomic mass is 10.1. The van der Waals surface area contributed by atoms with E-state index in [0.717, 1.165) is 25.2 Å². The Morgan fingerprint density at radius 3 is 2.16 bits per heavy atom. The van der Waals surface area contributed by atoms with Crippen LogP contribution >= 0.6 is 0 Å². The van der Waals surface area contributed by atoms with E-state index in [4.69, 9.17) is 8.92 Å². The van der Waals surface area contributed by atoms with Crippen molar-refractivity contribution in [2.75, 3.05) is 25.1 Å². The molecule has 2 rings (SSSR count). The van der Waals surface area contributed by atoms with Gasteiger partial charge in [-0.3, -0.25) is 4.79 Å². The Morgan fingerprint density at radius 2 is 1.66 bits per heavy atom. The van der Waals surface area contributed by atoms with E-state index in [1.165, 1.54) is 26.2 Å². The molecule has 2 aromatic carbocycles. The maximum Gasteiger partial charge on any atom is 0.339 e. The van der Waals surface area contributed by atoms with Gasteiger partial charge in [0.25, 0.3) is 0 Å². The van der Waals surface area contributed by atoms with Crippen molar-refractivity contribution in [1.82, 2.24) is 4.90 Å². The zero-order valence-corrected chi connectivity index (χ0v) is 20.6. The molecule has 0 saturated heterocycles. The van der Waals surface area contributed by atoms with Gasteiger partial charge in [0.2, 0.25) is 5.91 Å². The van der Waals surface area contributed by atoms with E-state index >= 15 is 0 Å². The van der Waals surface area contributed by atoms with Crippen LogP contribution in [0, 0.1) is 0 Å². The van der Waals surface area contributed by atoms with E-state index in [1.807, 2.05) is 39.8 Å². The maximum absolute atomic E-state index is 13.0. The summed E-state index contributed by atoms with van der Waals surface area (Å²) in [7, 11) is -2.56. The molecule has 7 nitrogen and oxygen atoms in total. The topological polar surface area (TPSA) is 76.2 Å². The molecule has 32 heavy (non-hydrogen) atoms. The fourth-order valence-electron chi connectivity index (χ4n) is 3.43. The number of carbonyl (C=O) groups excluding carboxylic acids is 1. The third kappa shape index (κ3) is 6.16. The second kappa shape index (κ2) is 11.2. The standard InChI is InChI=1S/C24H34N2O5S/c1-7-18(4)26(19(5)27)17-20-10-11-21(25(8-2)9-3)16-24(20)31-32(28,29)23-14-12-22(30-6)13-15-23/h10-16,18H,7-9,17H2,1-6H3. The van der Waals surface area contributed by atoms with Crippen LogP contribution in [0.1, 0.15) is 46.6 Å². The first-order valence-corrected chi connectivity index (χ1v) is 12.3. The SMILES string of the molecule is CCC(C)N(Cc1ccc(N(CC)CC)cc1OS(=O)(=O)c1ccc(OC)cc1)C(C)=O. The zero-order chi connectivity index (χ0) is 23.9. The van der Waals surface area contributed by atoms with E-state index in [9.17, 15) is 13.2 Å². The van der Waals surface area contributed by atoms with Gasteiger partial charge in [0, 0.05) is 49.9 Å². The minimum absolute atomic E-state index is 0.0148. The molecular formula is C24H34N2O5S. The summed E-state index contributed by atoms with van der Waals surface area (Å²) >= 11 is 0. The van der Waals surface area contributed by atoms with Gasteiger partial charge in [-0.1, -0.05) is 13.0 Å². The molecule has 0 N–H and O–H groups in total. The van der Waals surface area contributed by atoms with Gasteiger partial charge in [-0.25, -0.2) is 0 Å². The van der Waals surface area contributed by atoms with Crippen LogP contribution in [0.5, 0.6) is 11.5 Å². The number of hydrogen-bond donors (Lipinski definition) is 0. The first-order chi connectivity index (χ1) is 15.2. The highest BCUT2D eigenvalue weighted by atomic mass is 32.2. The molecule has 176 valence electrons. The highest BCUT2D eigenvalue weighted by molar-refractivity contribution is 7.87. The van der Waals surface area contributed by atoms with Crippen LogP contribution in [0.3, 0.4) is 0 Å². The quantitative estimate of drug-likeness (QED) is 0.459. The van der Waals surface area contributed by atoms with Crippen LogP contribution in [-0.2, 0) is 21.5 Å². The van der Waals surface area contributed by atoms with Crippen LogP contribution < -0.4 is 13.8 Å². The van der Waals surface area contributed by atoms with Crippen molar-refractivity contribution in [3.63, 3.8) is 0 Å². The molecule has 0 fully saturated rings. The molecule has 0 aliphatic carbocycles. The monoisotopic (exact) mass is 462 g/mol. The third-order valence-corrected chi connectivity index (χ3v) is 6.84. The molecule has 0 aliphatic rings. The van der Waals surface area contributed by atoms with Crippen LogP contribution in [0.2, 0.25) is 0 Å². The Hall–Kier alpha value is -2.74. The Kier molecular flexibility index (Phi) is 8.95. The summed E-state index contributed by atoms with van der Waals surface area (Å²) in [6.07, 6.45) is 0.789. The molecule has 0 spiro atoms.